The lowest BCUT2D eigenvalue weighted by Gasteiger charge is -2.51. The molecule has 1 aromatic carbocycles. The van der Waals surface area contributed by atoms with Crippen molar-refractivity contribution in [2.45, 2.75) is 31.0 Å². The van der Waals surface area contributed by atoms with Crippen molar-refractivity contribution in [3.8, 4) is 0 Å². The normalized spacial score (nSPS) is 29.4. The van der Waals surface area contributed by atoms with Gasteiger partial charge in [0.2, 0.25) is 0 Å². The van der Waals surface area contributed by atoms with Crippen LogP contribution in [-0.2, 0) is 11.3 Å². The first kappa shape index (κ1) is 14.7. The van der Waals surface area contributed by atoms with E-state index in [1.807, 2.05) is 4.90 Å². The summed E-state index contributed by atoms with van der Waals surface area (Å²) in [4.78, 5) is 19.2. The van der Waals surface area contributed by atoms with E-state index in [0.717, 1.165) is 45.2 Å². The molecule has 0 aromatic heterocycles. The molecule has 0 bridgehead atoms. The molecule has 1 aromatic rings. The van der Waals surface area contributed by atoms with Gasteiger partial charge < -0.3 is 4.74 Å². The van der Waals surface area contributed by atoms with Gasteiger partial charge in [0.25, 0.3) is 0 Å². The van der Waals surface area contributed by atoms with E-state index in [1.54, 1.807) is 0 Å². The highest BCUT2D eigenvalue weighted by Crippen LogP contribution is 2.41. The summed E-state index contributed by atoms with van der Waals surface area (Å²) in [6, 6.07) is 10.8. The van der Waals surface area contributed by atoms with Crippen LogP contribution in [0.5, 0.6) is 0 Å². The second-order valence-corrected chi connectivity index (χ2v) is 7.98. The number of carbonyl (C=O) groups excluding carboxylic acids is 1. The number of nitrogens with zero attached hydrogens (tertiary/aromatic N) is 3. The summed E-state index contributed by atoms with van der Waals surface area (Å²) in [6.45, 7) is 6.66. The zero-order chi connectivity index (χ0) is 16.1. The smallest absolute Gasteiger partial charge is 0.410 e. The number of hydrogen-bond donors (Lipinski definition) is 0. The van der Waals surface area contributed by atoms with E-state index in [9.17, 15) is 4.79 Å². The molecule has 1 amide bonds. The summed E-state index contributed by atoms with van der Waals surface area (Å²) < 4.78 is 5.88. The van der Waals surface area contributed by atoms with Crippen LogP contribution in [0.15, 0.2) is 30.3 Å². The molecule has 5 rings (SSSR count). The number of benzene rings is 1. The lowest BCUT2D eigenvalue weighted by atomic mass is 9.84. The topological polar surface area (TPSA) is 36.0 Å². The quantitative estimate of drug-likeness (QED) is 0.845. The van der Waals surface area contributed by atoms with Crippen molar-refractivity contribution in [2.24, 2.45) is 5.92 Å². The van der Waals surface area contributed by atoms with E-state index in [2.05, 4.69) is 40.1 Å². The van der Waals surface area contributed by atoms with Gasteiger partial charge in [0, 0.05) is 45.8 Å². The van der Waals surface area contributed by atoms with Crippen LogP contribution >= 0.6 is 0 Å². The molecule has 5 heteroatoms. The Labute approximate surface area is 143 Å². The Balaban J connectivity index is 1.26. The minimum absolute atomic E-state index is 0.0922. The summed E-state index contributed by atoms with van der Waals surface area (Å²) in [7, 11) is 0. The van der Waals surface area contributed by atoms with Crippen LogP contribution in [0.25, 0.3) is 0 Å². The SMILES string of the molecule is O=C1OC2(CN(CC3CC3)C2)C2CN(Cc3ccccc3)CCN12. The molecule has 1 saturated carbocycles. The Morgan fingerprint density at radius 2 is 1.88 bits per heavy atom. The largest absolute Gasteiger partial charge is 0.438 e. The molecule has 5 nitrogen and oxygen atoms in total. The molecule has 3 aliphatic heterocycles. The Kier molecular flexibility index (Phi) is 3.35. The minimum Gasteiger partial charge on any atom is -0.438 e. The van der Waals surface area contributed by atoms with Crippen LogP contribution in [0.1, 0.15) is 18.4 Å². The van der Waals surface area contributed by atoms with Gasteiger partial charge in [0.05, 0.1) is 6.04 Å². The molecule has 0 N–H and O–H groups in total. The van der Waals surface area contributed by atoms with Crippen LogP contribution in [0.2, 0.25) is 0 Å². The number of ether oxygens (including phenoxy) is 1. The summed E-state index contributed by atoms with van der Waals surface area (Å²) in [5.41, 5.74) is 1.09. The molecule has 24 heavy (non-hydrogen) atoms. The molecule has 1 spiro atoms. The minimum atomic E-state index is -0.249. The van der Waals surface area contributed by atoms with Crippen LogP contribution in [-0.4, -0.2) is 71.7 Å². The third-order valence-electron chi connectivity index (χ3n) is 6.04. The van der Waals surface area contributed by atoms with Gasteiger partial charge in [0.1, 0.15) is 0 Å². The molecule has 1 unspecified atom stereocenters. The standard InChI is InChI=1S/C19H25N3O2/c23-18-22-9-8-20(10-15-4-2-1-3-5-15)12-17(22)19(24-18)13-21(14-19)11-16-6-7-16/h1-5,16-17H,6-14H2. The lowest BCUT2D eigenvalue weighted by Crippen LogP contribution is -2.71. The third kappa shape index (κ3) is 2.50. The molecule has 0 radical (unpaired) electrons. The van der Waals surface area contributed by atoms with Crippen LogP contribution in [0.4, 0.5) is 4.79 Å². The van der Waals surface area contributed by atoms with E-state index in [4.69, 9.17) is 4.74 Å². The lowest BCUT2D eigenvalue weighted by molar-refractivity contribution is -0.104. The average molecular weight is 327 g/mol. The van der Waals surface area contributed by atoms with Crippen molar-refractivity contribution in [3.63, 3.8) is 0 Å². The Hall–Kier alpha value is -1.59. The predicted molar refractivity (Wildman–Crippen MR) is 90.6 cm³/mol. The molecular formula is C19H25N3O2. The maximum atomic E-state index is 12.3. The van der Waals surface area contributed by atoms with E-state index in [0.29, 0.717) is 0 Å². The van der Waals surface area contributed by atoms with Crippen molar-refractivity contribution >= 4 is 6.09 Å². The molecule has 1 atom stereocenters. The zero-order valence-electron chi connectivity index (χ0n) is 14.1. The highest BCUT2D eigenvalue weighted by atomic mass is 16.6. The van der Waals surface area contributed by atoms with Crippen molar-refractivity contribution in [1.82, 2.24) is 14.7 Å². The van der Waals surface area contributed by atoms with Crippen LogP contribution < -0.4 is 0 Å². The number of amides is 1. The second kappa shape index (κ2) is 5.46. The van der Waals surface area contributed by atoms with Crippen LogP contribution in [0, 0.1) is 5.92 Å². The molecule has 128 valence electrons. The molecule has 4 aliphatic rings. The number of carbonyl (C=O) groups is 1. The average Bonchev–Trinajstić information content (AvgIpc) is 3.32. The van der Waals surface area contributed by atoms with E-state index in [1.165, 1.54) is 24.9 Å². The number of piperazine rings is 1. The maximum absolute atomic E-state index is 12.3. The monoisotopic (exact) mass is 327 g/mol. The summed E-state index contributed by atoms with van der Waals surface area (Å²) in [5, 5.41) is 0. The Bertz CT molecular complexity index is 625. The molecule has 1 aliphatic carbocycles. The molecule has 3 heterocycles. The Morgan fingerprint density at radius 3 is 2.62 bits per heavy atom. The van der Waals surface area contributed by atoms with Crippen molar-refractivity contribution in [1.29, 1.82) is 0 Å². The van der Waals surface area contributed by atoms with E-state index < -0.39 is 0 Å². The third-order valence-corrected chi connectivity index (χ3v) is 6.04. The fraction of sp³-hybridized carbons (Fsp3) is 0.632. The number of fused-ring (bicyclic) bond motifs is 2. The molecule has 3 saturated heterocycles. The summed E-state index contributed by atoms with van der Waals surface area (Å²) >= 11 is 0. The van der Waals surface area contributed by atoms with Gasteiger partial charge in [-0.05, 0) is 24.3 Å². The van der Waals surface area contributed by atoms with Gasteiger partial charge in [0.15, 0.2) is 5.60 Å². The molecular weight excluding hydrogens is 302 g/mol. The van der Waals surface area contributed by atoms with E-state index in [-0.39, 0.29) is 17.7 Å². The number of likely N-dealkylation sites (tertiary alicyclic amines) is 1. The number of rotatable bonds is 4. The van der Waals surface area contributed by atoms with Crippen molar-refractivity contribution in [3.05, 3.63) is 35.9 Å². The fourth-order valence-corrected chi connectivity index (χ4v) is 4.57. The van der Waals surface area contributed by atoms with Gasteiger partial charge in [-0.3, -0.25) is 14.7 Å². The summed E-state index contributed by atoms with van der Waals surface area (Å²) in [5.74, 6) is 0.900. The first-order valence-electron chi connectivity index (χ1n) is 9.20. The molecule has 4 fully saturated rings. The highest BCUT2D eigenvalue weighted by molar-refractivity contribution is 5.72. The van der Waals surface area contributed by atoms with Gasteiger partial charge >= 0.3 is 6.09 Å². The second-order valence-electron chi connectivity index (χ2n) is 7.98. The van der Waals surface area contributed by atoms with Gasteiger partial charge in [-0.25, -0.2) is 4.79 Å². The van der Waals surface area contributed by atoms with Crippen LogP contribution in [0.3, 0.4) is 0 Å². The summed E-state index contributed by atoms with van der Waals surface area (Å²) in [6.07, 6.45) is 2.67. The fourth-order valence-electron chi connectivity index (χ4n) is 4.57. The Morgan fingerprint density at radius 1 is 1.08 bits per heavy atom. The highest BCUT2D eigenvalue weighted by Gasteiger charge is 2.61. The zero-order valence-corrected chi connectivity index (χ0v) is 14.1. The maximum Gasteiger partial charge on any atom is 0.410 e. The van der Waals surface area contributed by atoms with Crippen molar-refractivity contribution < 1.29 is 9.53 Å². The first-order valence-corrected chi connectivity index (χ1v) is 9.20. The van der Waals surface area contributed by atoms with Gasteiger partial charge in [-0.1, -0.05) is 30.3 Å². The van der Waals surface area contributed by atoms with Gasteiger partial charge in [-0.15, -0.1) is 0 Å². The van der Waals surface area contributed by atoms with E-state index >= 15 is 0 Å². The van der Waals surface area contributed by atoms with Gasteiger partial charge in [-0.2, -0.15) is 0 Å². The predicted octanol–water partition coefficient (Wildman–Crippen LogP) is 1.79. The van der Waals surface area contributed by atoms with Crippen molar-refractivity contribution in [2.75, 3.05) is 39.3 Å². The number of hydrogen-bond acceptors (Lipinski definition) is 4. The first-order chi connectivity index (χ1) is 11.7.